The molecule has 0 saturated heterocycles. The number of nitrogens with one attached hydrogen (secondary N) is 1. The maximum atomic E-state index is 13.4. The second-order valence-corrected chi connectivity index (χ2v) is 4.16. The van der Waals surface area contributed by atoms with Gasteiger partial charge in [-0.05, 0) is 30.3 Å². The SMILES string of the molecule is COc1ccc(Nc2cccc(F)c2C#N)cc1Cl. The van der Waals surface area contributed by atoms with Crippen molar-refractivity contribution in [2.75, 3.05) is 12.4 Å². The van der Waals surface area contributed by atoms with Crippen molar-refractivity contribution in [3.8, 4) is 11.8 Å². The van der Waals surface area contributed by atoms with E-state index in [1.807, 2.05) is 6.07 Å². The van der Waals surface area contributed by atoms with Crippen molar-refractivity contribution in [2.24, 2.45) is 0 Å². The summed E-state index contributed by atoms with van der Waals surface area (Å²) in [6.07, 6.45) is 0. The van der Waals surface area contributed by atoms with Gasteiger partial charge in [-0.1, -0.05) is 17.7 Å². The predicted octanol–water partition coefficient (Wildman–Crippen LogP) is 4.10. The fraction of sp³-hybridized carbons (Fsp3) is 0.0714. The highest BCUT2D eigenvalue weighted by Gasteiger charge is 2.08. The highest BCUT2D eigenvalue weighted by molar-refractivity contribution is 6.32. The van der Waals surface area contributed by atoms with Gasteiger partial charge in [0.05, 0.1) is 17.8 Å². The molecule has 2 rings (SSSR count). The average molecular weight is 277 g/mol. The zero-order chi connectivity index (χ0) is 13.8. The fourth-order valence-corrected chi connectivity index (χ4v) is 1.90. The Bertz CT molecular complexity index is 652. The number of halogens is 2. The number of hydrogen-bond donors (Lipinski definition) is 1. The van der Waals surface area contributed by atoms with E-state index < -0.39 is 5.82 Å². The number of benzene rings is 2. The molecular weight excluding hydrogens is 267 g/mol. The highest BCUT2D eigenvalue weighted by atomic mass is 35.5. The standard InChI is InChI=1S/C14H10ClFN2O/c1-19-14-6-5-9(7-11(14)15)18-13-4-2-3-12(16)10(13)8-17/h2-7,18H,1H3. The quantitative estimate of drug-likeness (QED) is 0.918. The Morgan fingerprint density at radius 2 is 2.11 bits per heavy atom. The van der Waals surface area contributed by atoms with Crippen LogP contribution in [0.5, 0.6) is 5.75 Å². The molecule has 19 heavy (non-hydrogen) atoms. The van der Waals surface area contributed by atoms with E-state index in [0.29, 0.717) is 22.1 Å². The lowest BCUT2D eigenvalue weighted by molar-refractivity contribution is 0.415. The molecule has 96 valence electrons. The minimum atomic E-state index is -0.563. The molecule has 0 heterocycles. The minimum absolute atomic E-state index is 0.0329. The van der Waals surface area contributed by atoms with Crippen LogP contribution in [-0.4, -0.2) is 7.11 Å². The third-order valence-electron chi connectivity index (χ3n) is 2.56. The first-order valence-electron chi connectivity index (χ1n) is 5.45. The van der Waals surface area contributed by atoms with Gasteiger partial charge in [0.15, 0.2) is 0 Å². The molecule has 0 aliphatic rings. The Hall–Kier alpha value is -2.25. The Labute approximate surface area is 115 Å². The van der Waals surface area contributed by atoms with Gasteiger partial charge in [0, 0.05) is 5.69 Å². The molecule has 0 spiro atoms. The Morgan fingerprint density at radius 1 is 1.32 bits per heavy atom. The third kappa shape index (κ3) is 2.78. The molecule has 5 heteroatoms. The first-order valence-corrected chi connectivity index (χ1v) is 5.82. The number of methoxy groups -OCH3 is 1. The summed E-state index contributed by atoms with van der Waals surface area (Å²) in [7, 11) is 1.52. The summed E-state index contributed by atoms with van der Waals surface area (Å²) >= 11 is 6.00. The molecule has 0 aliphatic carbocycles. The van der Waals surface area contributed by atoms with Crippen LogP contribution in [0.4, 0.5) is 15.8 Å². The topological polar surface area (TPSA) is 45.0 Å². The third-order valence-corrected chi connectivity index (χ3v) is 2.85. The van der Waals surface area contributed by atoms with Crippen LogP contribution in [0, 0.1) is 17.1 Å². The summed E-state index contributed by atoms with van der Waals surface area (Å²) in [5.74, 6) is -0.0147. The smallest absolute Gasteiger partial charge is 0.143 e. The van der Waals surface area contributed by atoms with Gasteiger partial charge in [0.1, 0.15) is 23.2 Å². The molecule has 0 radical (unpaired) electrons. The van der Waals surface area contributed by atoms with Crippen LogP contribution in [0.15, 0.2) is 36.4 Å². The molecule has 0 bridgehead atoms. The Morgan fingerprint density at radius 3 is 2.74 bits per heavy atom. The molecule has 0 unspecified atom stereocenters. The number of nitrogens with zero attached hydrogens (tertiary/aromatic N) is 1. The Kier molecular flexibility index (Phi) is 3.88. The molecule has 1 N–H and O–H groups in total. The first-order chi connectivity index (χ1) is 9.15. The normalized spacial score (nSPS) is 9.79. The van der Waals surface area contributed by atoms with E-state index in [0.717, 1.165) is 0 Å². The van der Waals surface area contributed by atoms with Crippen LogP contribution in [0.2, 0.25) is 5.02 Å². The summed E-state index contributed by atoms with van der Waals surface area (Å²) in [5, 5.41) is 12.3. The van der Waals surface area contributed by atoms with Crippen LogP contribution >= 0.6 is 11.6 Å². The van der Waals surface area contributed by atoms with Crippen LogP contribution in [0.25, 0.3) is 0 Å². The summed E-state index contributed by atoms with van der Waals surface area (Å²) in [6.45, 7) is 0. The van der Waals surface area contributed by atoms with E-state index in [-0.39, 0.29) is 5.56 Å². The summed E-state index contributed by atoms with van der Waals surface area (Å²) < 4.78 is 18.5. The number of hydrogen-bond acceptors (Lipinski definition) is 3. The van der Waals surface area contributed by atoms with Crippen LogP contribution in [-0.2, 0) is 0 Å². The zero-order valence-corrected chi connectivity index (χ0v) is 10.8. The van der Waals surface area contributed by atoms with Gasteiger partial charge in [-0.15, -0.1) is 0 Å². The van der Waals surface area contributed by atoms with Gasteiger partial charge < -0.3 is 10.1 Å². The van der Waals surface area contributed by atoms with Crippen molar-refractivity contribution in [2.45, 2.75) is 0 Å². The van der Waals surface area contributed by atoms with Gasteiger partial charge in [-0.2, -0.15) is 5.26 Å². The number of anilines is 2. The molecule has 2 aromatic rings. The van der Waals surface area contributed by atoms with Crippen molar-refractivity contribution in [3.63, 3.8) is 0 Å². The van der Waals surface area contributed by atoms with Crippen molar-refractivity contribution >= 4 is 23.0 Å². The number of ether oxygens (including phenoxy) is 1. The molecule has 0 amide bonds. The lowest BCUT2D eigenvalue weighted by atomic mass is 10.1. The highest BCUT2D eigenvalue weighted by Crippen LogP contribution is 2.30. The molecule has 0 fully saturated rings. The van der Waals surface area contributed by atoms with Crippen LogP contribution in [0.1, 0.15) is 5.56 Å². The van der Waals surface area contributed by atoms with Gasteiger partial charge >= 0.3 is 0 Å². The maximum absolute atomic E-state index is 13.4. The van der Waals surface area contributed by atoms with E-state index in [1.54, 1.807) is 24.3 Å². The second-order valence-electron chi connectivity index (χ2n) is 3.75. The van der Waals surface area contributed by atoms with Gasteiger partial charge in [0.25, 0.3) is 0 Å². The van der Waals surface area contributed by atoms with Crippen LogP contribution < -0.4 is 10.1 Å². The molecule has 0 atom stereocenters. The van der Waals surface area contributed by atoms with Gasteiger partial charge in [-0.3, -0.25) is 0 Å². The number of nitriles is 1. The minimum Gasteiger partial charge on any atom is -0.495 e. The first kappa shape index (κ1) is 13.2. The summed E-state index contributed by atoms with van der Waals surface area (Å²) in [5.41, 5.74) is 1.01. The van der Waals surface area contributed by atoms with Crippen molar-refractivity contribution in [3.05, 3.63) is 52.8 Å². The van der Waals surface area contributed by atoms with Gasteiger partial charge in [-0.25, -0.2) is 4.39 Å². The molecule has 0 aliphatic heterocycles. The van der Waals surface area contributed by atoms with E-state index in [2.05, 4.69) is 5.32 Å². The molecule has 0 saturated carbocycles. The molecular formula is C14H10ClFN2O. The van der Waals surface area contributed by atoms with Crippen molar-refractivity contribution in [1.29, 1.82) is 5.26 Å². The van der Waals surface area contributed by atoms with E-state index >= 15 is 0 Å². The molecule has 0 aromatic heterocycles. The van der Waals surface area contributed by atoms with E-state index in [4.69, 9.17) is 21.6 Å². The van der Waals surface area contributed by atoms with E-state index in [1.165, 1.54) is 19.2 Å². The van der Waals surface area contributed by atoms with Crippen molar-refractivity contribution < 1.29 is 9.13 Å². The predicted molar refractivity (Wildman–Crippen MR) is 72.4 cm³/mol. The number of rotatable bonds is 3. The van der Waals surface area contributed by atoms with Crippen molar-refractivity contribution in [1.82, 2.24) is 0 Å². The fourth-order valence-electron chi connectivity index (χ4n) is 1.64. The molecule has 3 nitrogen and oxygen atoms in total. The summed E-state index contributed by atoms with van der Waals surface area (Å²) in [4.78, 5) is 0. The van der Waals surface area contributed by atoms with E-state index in [9.17, 15) is 4.39 Å². The average Bonchev–Trinajstić information content (AvgIpc) is 2.39. The maximum Gasteiger partial charge on any atom is 0.143 e. The lowest BCUT2D eigenvalue weighted by Crippen LogP contribution is -1.96. The van der Waals surface area contributed by atoms with Crippen LogP contribution in [0.3, 0.4) is 0 Å². The largest absolute Gasteiger partial charge is 0.495 e. The summed E-state index contributed by atoms with van der Waals surface area (Å²) in [6, 6.07) is 11.3. The molecule has 2 aromatic carbocycles. The monoisotopic (exact) mass is 276 g/mol. The lowest BCUT2D eigenvalue weighted by Gasteiger charge is -2.10. The van der Waals surface area contributed by atoms with Gasteiger partial charge in [0.2, 0.25) is 0 Å². The second kappa shape index (κ2) is 5.59. The zero-order valence-electron chi connectivity index (χ0n) is 10.1. The Balaban J connectivity index is 2.34.